The second-order valence-electron chi connectivity index (χ2n) is 5.05. The first-order valence-corrected chi connectivity index (χ1v) is 6.68. The van der Waals surface area contributed by atoms with Crippen molar-refractivity contribution in [1.82, 2.24) is 4.90 Å². The average molecular weight is 247 g/mol. The zero-order valence-electron chi connectivity index (χ0n) is 10.9. The Morgan fingerprint density at radius 2 is 1.89 bits per heavy atom. The molecule has 0 radical (unpaired) electrons. The lowest BCUT2D eigenvalue weighted by Gasteiger charge is -2.16. The predicted octanol–water partition coefficient (Wildman–Crippen LogP) is 2.41. The lowest BCUT2D eigenvalue weighted by atomic mass is 9.96. The van der Waals surface area contributed by atoms with Crippen molar-refractivity contribution in [3.8, 4) is 0 Å². The Bertz CT molecular complexity index is 393. The van der Waals surface area contributed by atoms with Crippen molar-refractivity contribution in [1.29, 1.82) is 0 Å². The fraction of sp³-hybridized carbons (Fsp3) is 0.533. The Morgan fingerprint density at radius 1 is 1.28 bits per heavy atom. The minimum atomic E-state index is -0.0259. The Hall–Kier alpha value is -1.35. The minimum absolute atomic E-state index is 0.00238. The normalized spacial score (nSPS) is 15.9. The summed E-state index contributed by atoms with van der Waals surface area (Å²) in [7, 11) is 1.71. The fourth-order valence-corrected chi connectivity index (χ4v) is 2.63. The number of benzene rings is 1. The van der Waals surface area contributed by atoms with E-state index in [2.05, 4.69) is 12.1 Å². The van der Waals surface area contributed by atoms with Gasteiger partial charge >= 0.3 is 0 Å². The maximum absolute atomic E-state index is 12.0. The van der Waals surface area contributed by atoms with Gasteiger partial charge in [-0.05, 0) is 36.5 Å². The van der Waals surface area contributed by atoms with Crippen LogP contribution in [0.1, 0.15) is 47.5 Å². The van der Waals surface area contributed by atoms with E-state index in [1.54, 1.807) is 11.9 Å². The number of aliphatic hydroxyl groups is 1. The van der Waals surface area contributed by atoms with Crippen molar-refractivity contribution in [2.45, 2.75) is 31.6 Å². The van der Waals surface area contributed by atoms with Gasteiger partial charge in [0.15, 0.2) is 0 Å². The van der Waals surface area contributed by atoms with Crippen LogP contribution < -0.4 is 0 Å². The molecule has 3 heteroatoms. The predicted molar refractivity (Wildman–Crippen MR) is 71.7 cm³/mol. The maximum Gasteiger partial charge on any atom is 0.253 e. The molecule has 1 aliphatic carbocycles. The molecule has 1 aromatic rings. The molecule has 1 saturated carbocycles. The zero-order valence-corrected chi connectivity index (χ0v) is 10.9. The largest absolute Gasteiger partial charge is 0.395 e. The highest BCUT2D eigenvalue weighted by molar-refractivity contribution is 5.94. The molecule has 0 saturated heterocycles. The van der Waals surface area contributed by atoms with Gasteiger partial charge in [0, 0.05) is 19.2 Å². The first-order valence-electron chi connectivity index (χ1n) is 6.68. The van der Waals surface area contributed by atoms with Gasteiger partial charge in [-0.15, -0.1) is 0 Å². The van der Waals surface area contributed by atoms with Crippen LogP contribution in [0.4, 0.5) is 0 Å². The summed E-state index contributed by atoms with van der Waals surface area (Å²) in [5.41, 5.74) is 2.06. The van der Waals surface area contributed by atoms with Crippen LogP contribution >= 0.6 is 0 Å². The van der Waals surface area contributed by atoms with E-state index < -0.39 is 0 Å². The highest BCUT2D eigenvalue weighted by Crippen LogP contribution is 2.33. The van der Waals surface area contributed by atoms with Crippen LogP contribution in [0.2, 0.25) is 0 Å². The van der Waals surface area contributed by atoms with Gasteiger partial charge in [0.1, 0.15) is 0 Å². The molecule has 0 unspecified atom stereocenters. The number of nitrogens with zero attached hydrogens (tertiary/aromatic N) is 1. The fourth-order valence-electron chi connectivity index (χ4n) is 2.63. The van der Waals surface area contributed by atoms with Crippen LogP contribution in [0.3, 0.4) is 0 Å². The summed E-state index contributed by atoms with van der Waals surface area (Å²) in [5.74, 6) is 0.659. The smallest absolute Gasteiger partial charge is 0.253 e. The molecular weight excluding hydrogens is 226 g/mol. The summed E-state index contributed by atoms with van der Waals surface area (Å²) in [5, 5.41) is 8.83. The summed E-state index contributed by atoms with van der Waals surface area (Å²) >= 11 is 0. The van der Waals surface area contributed by atoms with E-state index in [-0.39, 0.29) is 12.5 Å². The third kappa shape index (κ3) is 2.91. The monoisotopic (exact) mass is 247 g/mol. The Labute approximate surface area is 108 Å². The van der Waals surface area contributed by atoms with Gasteiger partial charge in [-0.25, -0.2) is 0 Å². The lowest BCUT2D eigenvalue weighted by molar-refractivity contribution is 0.0767. The van der Waals surface area contributed by atoms with Crippen LogP contribution in [0.5, 0.6) is 0 Å². The molecule has 2 rings (SSSR count). The van der Waals surface area contributed by atoms with Gasteiger partial charge in [-0.1, -0.05) is 25.0 Å². The number of hydrogen-bond acceptors (Lipinski definition) is 2. The second kappa shape index (κ2) is 6.01. The first kappa shape index (κ1) is 13.1. The third-order valence-electron chi connectivity index (χ3n) is 3.77. The highest BCUT2D eigenvalue weighted by atomic mass is 16.3. The number of aliphatic hydroxyl groups excluding tert-OH is 1. The van der Waals surface area contributed by atoms with Gasteiger partial charge in [0.05, 0.1) is 6.61 Å². The summed E-state index contributed by atoms with van der Waals surface area (Å²) in [4.78, 5) is 13.5. The van der Waals surface area contributed by atoms with Crippen molar-refractivity contribution < 1.29 is 9.90 Å². The molecule has 1 aliphatic rings. The average Bonchev–Trinajstić information content (AvgIpc) is 2.92. The van der Waals surface area contributed by atoms with Gasteiger partial charge < -0.3 is 10.0 Å². The van der Waals surface area contributed by atoms with E-state index in [9.17, 15) is 4.79 Å². The number of carbonyl (C=O) groups excluding carboxylic acids is 1. The molecule has 0 aromatic heterocycles. The number of hydrogen-bond donors (Lipinski definition) is 1. The van der Waals surface area contributed by atoms with Crippen molar-refractivity contribution in [2.24, 2.45) is 0 Å². The van der Waals surface area contributed by atoms with Gasteiger partial charge in [-0.2, -0.15) is 0 Å². The SMILES string of the molecule is CN(CCO)C(=O)c1ccc(C2CCCC2)cc1. The number of rotatable bonds is 4. The van der Waals surface area contributed by atoms with Gasteiger partial charge in [0.25, 0.3) is 5.91 Å². The Morgan fingerprint density at radius 3 is 2.44 bits per heavy atom. The van der Waals surface area contributed by atoms with Crippen molar-refractivity contribution in [2.75, 3.05) is 20.2 Å². The molecule has 1 amide bonds. The quantitative estimate of drug-likeness (QED) is 0.887. The molecule has 0 bridgehead atoms. The van der Waals surface area contributed by atoms with Crippen molar-refractivity contribution in [3.05, 3.63) is 35.4 Å². The number of carbonyl (C=O) groups is 1. The molecule has 18 heavy (non-hydrogen) atoms. The lowest BCUT2D eigenvalue weighted by Crippen LogP contribution is -2.29. The van der Waals surface area contributed by atoms with E-state index in [4.69, 9.17) is 5.11 Å². The van der Waals surface area contributed by atoms with Crippen LogP contribution in [-0.2, 0) is 0 Å². The van der Waals surface area contributed by atoms with Crippen LogP contribution in [0.25, 0.3) is 0 Å². The van der Waals surface area contributed by atoms with E-state index >= 15 is 0 Å². The summed E-state index contributed by atoms with van der Waals surface area (Å²) in [6.45, 7) is 0.381. The molecule has 0 heterocycles. The third-order valence-corrected chi connectivity index (χ3v) is 3.77. The zero-order chi connectivity index (χ0) is 13.0. The molecule has 1 fully saturated rings. The highest BCUT2D eigenvalue weighted by Gasteiger charge is 2.17. The molecule has 0 aliphatic heterocycles. The summed E-state index contributed by atoms with van der Waals surface area (Å²) in [6, 6.07) is 7.97. The van der Waals surface area contributed by atoms with Crippen LogP contribution in [0, 0.1) is 0 Å². The van der Waals surface area contributed by atoms with E-state index in [0.717, 1.165) is 0 Å². The number of likely N-dealkylation sites (N-methyl/N-ethyl adjacent to an activating group) is 1. The van der Waals surface area contributed by atoms with Gasteiger partial charge in [0.2, 0.25) is 0 Å². The molecule has 1 N–H and O–H groups in total. The van der Waals surface area contributed by atoms with E-state index in [1.807, 2.05) is 12.1 Å². The standard InChI is InChI=1S/C15H21NO2/c1-16(10-11-17)15(18)14-8-6-13(7-9-14)12-4-2-3-5-12/h6-9,12,17H,2-5,10-11H2,1H3. The van der Waals surface area contributed by atoms with Crippen LogP contribution in [-0.4, -0.2) is 36.1 Å². The van der Waals surface area contributed by atoms with Gasteiger partial charge in [-0.3, -0.25) is 4.79 Å². The first-order chi connectivity index (χ1) is 8.72. The van der Waals surface area contributed by atoms with E-state index in [0.29, 0.717) is 18.0 Å². The molecule has 0 spiro atoms. The van der Waals surface area contributed by atoms with Crippen molar-refractivity contribution in [3.63, 3.8) is 0 Å². The molecular formula is C15H21NO2. The Kier molecular flexibility index (Phi) is 4.37. The Balaban J connectivity index is 2.04. The molecule has 98 valence electrons. The summed E-state index contributed by atoms with van der Waals surface area (Å²) in [6.07, 6.45) is 5.20. The maximum atomic E-state index is 12.0. The van der Waals surface area contributed by atoms with Crippen LogP contribution in [0.15, 0.2) is 24.3 Å². The molecule has 0 atom stereocenters. The second-order valence-corrected chi connectivity index (χ2v) is 5.05. The molecule has 3 nitrogen and oxygen atoms in total. The minimum Gasteiger partial charge on any atom is -0.395 e. The van der Waals surface area contributed by atoms with E-state index in [1.165, 1.54) is 31.2 Å². The van der Waals surface area contributed by atoms with Crippen molar-refractivity contribution >= 4 is 5.91 Å². The summed E-state index contributed by atoms with van der Waals surface area (Å²) < 4.78 is 0. The topological polar surface area (TPSA) is 40.5 Å². The number of amides is 1. The molecule has 1 aromatic carbocycles.